The number of aliphatic hydroxyl groups is 14. The second-order valence-electron chi connectivity index (χ2n) is 32.0. The standard InChI is InChI=1S/C58H94O25.C14H12O4/c1-23-44(80-47-40(69)34(63)27(60)21-74-47)38(67)42(71)48(76-23)79-33-13-14-55(7)30(54(33,5)6)12-15-56(8)31(55)11-10-25-26-18-53(3,4)16-17-58(26,32(62)19-57(25,56)9)52(73)83-51-46(35(64)28(61)22-75-51)82-49-43(72)39(68)45(24(2)77-49)81-50-41(70)37(66)36(65)29(20-59)78-50;1-18-9-6-7-11(13(16)8-9)14(17)10-4-2-3-5-12(10)15/h10,23-24,26-51,59-72H,11-22H2,1-9H3;2-8,15-16H,1H3. The van der Waals surface area contributed by atoms with Crippen molar-refractivity contribution in [3.8, 4) is 17.2 Å². The number of allylic oxidation sites excluding steroid dienone is 2. The van der Waals surface area contributed by atoms with Gasteiger partial charge < -0.3 is 134 Å². The second-order valence-corrected chi connectivity index (χ2v) is 32.0. The number of phenols is 2. The van der Waals surface area contributed by atoms with Gasteiger partial charge in [0.25, 0.3) is 0 Å². The van der Waals surface area contributed by atoms with Gasteiger partial charge in [0.15, 0.2) is 37.0 Å². The van der Waals surface area contributed by atoms with Crippen molar-refractivity contribution in [2.24, 2.45) is 50.2 Å². The zero-order valence-corrected chi connectivity index (χ0v) is 58.7. The molecule has 4 saturated carbocycles. The summed E-state index contributed by atoms with van der Waals surface area (Å²) in [6.07, 6.45) is -29.2. The van der Waals surface area contributed by atoms with Crippen molar-refractivity contribution in [1.82, 2.24) is 0 Å². The van der Waals surface area contributed by atoms with Gasteiger partial charge in [-0.05, 0) is 141 Å². The van der Waals surface area contributed by atoms with Gasteiger partial charge in [-0.2, -0.15) is 0 Å². The topological polar surface area (TPSA) is 459 Å². The number of benzene rings is 2. The van der Waals surface area contributed by atoms with Crippen molar-refractivity contribution < 1.29 is 143 Å². The number of hydrogen-bond donors (Lipinski definition) is 16. The number of carbonyl (C=O) groups is 2. The Morgan fingerprint density at radius 2 is 1.12 bits per heavy atom. The first-order chi connectivity index (χ1) is 47.4. The summed E-state index contributed by atoms with van der Waals surface area (Å²) in [4.78, 5) is 27.5. The Hall–Kier alpha value is -4.20. The van der Waals surface area contributed by atoms with E-state index in [0.29, 0.717) is 31.4 Å². The lowest BCUT2D eigenvalue weighted by molar-refractivity contribution is -0.374. The van der Waals surface area contributed by atoms with Crippen molar-refractivity contribution in [3.63, 3.8) is 0 Å². The van der Waals surface area contributed by atoms with E-state index in [0.717, 1.165) is 24.8 Å². The lowest BCUT2D eigenvalue weighted by Crippen LogP contribution is -2.68. The van der Waals surface area contributed by atoms with Gasteiger partial charge in [0.1, 0.15) is 114 Å². The molecular weight excluding hydrogens is 1330 g/mol. The summed E-state index contributed by atoms with van der Waals surface area (Å²) in [6, 6.07) is 10.6. The third kappa shape index (κ3) is 13.8. The highest BCUT2D eigenvalue weighted by Gasteiger charge is 2.72. The SMILES string of the molecule is CC1OC(OC2CCC3(C)C(CCC4(C)C3CC=C3C5CC(C)(C)CCC5(C(=O)OC5OCC(O)C(O)C5OC5OC(C)C(OC6OC(CO)C(O)C(O)C6O)C(O)C5O)C(O)CC34C)C2(C)C)C(O)C(O)C1OC1OCC(O)C(O)C1O.COc1ccc(C(=O)c2ccccc2O)c(O)c1. The molecule has 10 aliphatic rings. The van der Waals surface area contributed by atoms with E-state index in [1.807, 2.05) is 0 Å². The fraction of sp³-hybridized carbons (Fsp3) is 0.778. The minimum absolute atomic E-state index is 0.113. The Kier molecular flexibility index (Phi) is 22.8. The van der Waals surface area contributed by atoms with Crippen LogP contribution in [0.5, 0.6) is 17.2 Å². The van der Waals surface area contributed by atoms with E-state index in [1.54, 1.807) is 25.1 Å². The maximum Gasteiger partial charge on any atom is 0.317 e. The highest BCUT2D eigenvalue weighted by Crippen LogP contribution is 2.76. The van der Waals surface area contributed by atoms with Crippen molar-refractivity contribution >= 4 is 11.8 Å². The molecule has 29 heteroatoms. The first kappa shape index (κ1) is 77.9. The highest BCUT2D eigenvalue weighted by molar-refractivity contribution is 6.12. The third-order valence-electron chi connectivity index (χ3n) is 25.3. The minimum Gasteiger partial charge on any atom is -0.507 e. The van der Waals surface area contributed by atoms with Gasteiger partial charge >= 0.3 is 5.97 Å². The van der Waals surface area contributed by atoms with E-state index in [2.05, 4.69) is 54.5 Å². The van der Waals surface area contributed by atoms with Crippen LogP contribution in [0.3, 0.4) is 0 Å². The number of aromatic hydroxyl groups is 2. The summed E-state index contributed by atoms with van der Waals surface area (Å²) in [5, 5.41) is 172. The maximum absolute atomic E-state index is 15.4. The molecule has 29 nitrogen and oxygen atoms in total. The first-order valence-electron chi connectivity index (χ1n) is 35.3. The van der Waals surface area contributed by atoms with Crippen LogP contribution >= 0.6 is 0 Å². The number of fused-ring (bicyclic) bond motifs is 7. The van der Waals surface area contributed by atoms with Gasteiger partial charge in [-0.1, -0.05) is 72.2 Å². The number of phenolic OH excluding ortho intramolecular Hbond substituents is 2. The van der Waals surface area contributed by atoms with E-state index < -0.39 is 201 Å². The molecule has 0 bridgehead atoms. The average Bonchev–Trinajstić information content (AvgIpc) is 0.671. The van der Waals surface area contributed by atoms with Crippen LogP contribution in [0.4, 0.5) is 0 Å². The molecule has 9 fully saturated rings. The Morgan fingerprint density at radius 1 is 0.554 bits per heavy atom. The van der Waals surface area contributed by atoms with Gasteiger partial charge in [0, 0.05) is 6.07 Å². The highest BCUT2D eigenvalue weighted by atomic mass is 16.8. The third-order valence-corrected chi connectivity index (χ3v) is 25.3. The molecule has 101 heavy (non-hydrogen) atoms. The monoisotopic (exact) mass is 1430 g/mol. The number of ketones is 1. The van der Waals surface area contributed by atoms with Crippen LogP contribution in [-0.4, -0.2) is 274 Å². The Bertz CT molecular complexity index is 3260. The zero-order chi connectivity index (χ0) is 73.7. The summed E-state index contributed by atoms with van der Waals surface area (Å²) >= 11 is 0. The Labute approximate surface area is 586 Å². The maximum atomic E-state index is 15.4. The minimum atomic E-state index is -1.93. The number of para-hydroxylation sites is 1. The largest absolute Gasteiger partial charge is 0.507 e. The molecule has 16 N–H and O–H groups in total. The quantitative estimate of drug-likeness (QED) is 0.0528. The van der Waals surface area contributed by atoms with E-state index in [1.165, 1.54) is 38.3 Å². The van der Waals surface area contributed by atoms with Crippen molar-refractivity contribution in [2.75, 3.05) is 26.9 Å². The van der Waals surface area contributed by atoms with Crippen LogP contribution in [0.15, 0.2) is 54.1 Å². The van der Waals surface area contributed by atoms with Gasteiger partial charge in [-0.3, -0.25) is 9.59 Å². The molecule has 5 aliphatic heterocycles. The van der Waals surface area contributed by atoms with Crippen LogP contribution in [0.25, 0.3) is 0 Å². The van der Waals surface area contributed by atoms with Gasteiger partial charge in [0.05, 0.1) is 62.5 Å². The molecule has 5 heterocycles. The first-order valence-corrected chi connectivity index (χ1v) is 35.3. The van der Waals surface area contributed by atoms with E-state index >= 15 is 4.79 Å². The lowest BCUT2D eigenvalue weighted by Gasteiger charge is -2.71. The molecule has 5 saturated heterocycles. The van der Waals surface area contributed by atoms with Crippen molar-refractivity contribution in [2.45, 2.75) is 274 Å². The molecule has 5 aliphatic carbocycles. The fourth-order valence-corrected chi connectivity index (χ4v) is 19.1. The average molecular weight is 1440 g/mol. The number of methoxy groups -OCH3 is 1. The summed E-state index contributed by atoms with van der Waals surface area (Å²) in [5.41, 5.74) is -2.00. The molecular formula is C72H106O29. The molecule has 0 amide bonds. The Morgan fingerprint density at radius 3 is 1.74 bits per heavy atom. The van der Waals surface area contributed by atoms with Gasteiger partial charge in [-0.25, -0.2) is 0 Å². The number of esters is 1. The van der Waals surface area contributed by atoms with Crippen LogP contribution in [0.2, 0.25) is 0 Å². The van der Waals surface area contributed by atoms with Crippen LogP contribution in [0, 0.1) is 50.2 Å². The zero-order valence-electron chi connectivity index (χ0n) is 58.7. The number of carbonyl (C=O) groups excluding carboxylic acids is 2. The van der Waals surface area contributed by atoms with Crippen LogP contribution < -0.4 is 4.74 Å². The predicted octanol–water partition coefficient (Wildman–Crippen LogP) is 0.431. The van der Waals surface area contributed by atoms with Crippen molar-refractivity contribution in [1.29, 1.82) is 0 Å². The molecule has 0 spiro atoms. The molecule has 32 unspecified atom stereocenters. The summed E-state index contributed by atoms with van der Waals surface area (Å²) < 4.78 is 64.6. The normalized spacial score (nSPS) is 47.1. The predicted molar refractivity (Wildman–Crippen MR) is 348 cm³/mol. The molecule has 0 radical (unpaired) electrons. The lowest BCUT2D eigenvalue weighted by atomic mass is 9.33. The Balaban J connectivity index is 0.000000494. The molecule has 0 aromatic heterocycles. The fourth-order valence-electron chi connectivity index (χ4n) is 19.1. The van der Waals surface area contributed by atoms with Gasteiger partial charge in [0.2, 0.25) is 6.29 Å². The van der Waals surface area contributed by atoms with Crippen molar-refractivity contribution in [3.05, 3.63) is 65.2 Å². The summed E-state index contributed by atoms with van der Waals surface area (Å²) in [5.74, 6) is -1.27. The second kappa shape index (κ2) is 29.5. The summed E-state index contributed by atoms with van der Waals surface area (Å²) in [6.45, 7) is 17.2. The van der Waals surface area contributed by atoms with Crippen LogP contribution in [-0.2, 0) is 52.2 Å². The summed E-state index contributed by atoms with van der Waals surface area (Å²) in [7, 11) is 1.47. The van der Waals surface area contributed by atoms with E-state index in [4.69, 9.17) is 52.1 Å². The molecule has 12 rings (SSSR count). The van der Waals surface area contributed by atoms with E-state index in [9.17, 15) is 86.5 Å². The smallest absolute Gasteiger partial charge is 0.317 e. The number of rotatable bonds is 14. The van der Waals surface area contributed by atoms with Crippen LogP contribution in [0.1, 0.15) is 136 Å². The van der Waals surface area contributed by atoms with Gasteiger partial charge in [-0.15, -0.1) is 0 Å². The van der Waals surface area contributed by atoms with E-state index in [-0.39, 0.29) is 70.2 Å². The molecule has 32 atom stereocenters. The number of aliphatic hydroxyl groups excluding tert-OH is 14. The number of ether oxygens (including phenoxy) is 11. The number of hydrogen-bond acceptors (Lipinski definition) is 29. The molecule has 2 aromatic carbocycles. The molecule has 568 valence electrons. The molecule has 2 aromatic rings.